The van der Waals surface area contributed by atoms with Gasteiger partial charge in [0.1, 0.15) is 5.78 Å². The highest BCUT2D eigenvalue weighted by Gasteiger charge is 2.38. The molecule has 0 aromatic carbocycles. The van der Waals surface area contributed by atoms with Crippen molar-refractivity contribution in [2.45, 2.75) is 13.8 Å². The third-order valence-electron chi connectivity index (χ3n) is 0.419. The van der Waals surface area contributed by atoms with Crippen LogP contribution in [-0.4, -0.2) is 30.3 Å². The van der Waals surface area contributed by atoms with Crippen LogP contribution in [0.2, 0.25) is 0 Å². The predicted octanol–water partition coefficient (Wildman–Crippen LogP) is -0.0993. The van der Waals surface area contributed by atoms with E-state index in [1.54, 1.807) is 0 Å². The molecule has 104 valence electrons. The average molecular weight is 316 g/mol. The molecule has 0 heterocycles. The zero-order chi connectivity index (χ0) is 14.5. The molecule has 0 bridgehead atoms. The van der Waals surface area contributed by atoms with Gasteiger partial charge in [-0.1, -0.05) is 0 Å². The zero-order valence-electron chi connectivity index (χ0n) is 8.53. The molecule has 0 fully saturated rings. The Morgan fingerprint density at radius 3 is 1.12 bits per heavy atom. The maximum absolute atomic E-state index is 10.4. The van der Waals surface area contributed by atoms with Crippen molar-refractivity contribution < 1.29 is 51.6 Å². The molecule has 0 aromatic rings. The fraction of sp³-hybridized carbons (Fsp3) is 0.667. The number of hydrogen-bond donors (Lipinski definition) is 5. The first-order valence-corrected chi connectivity index (χ1v) is 8.04. The molecular formula is C3H11O11P3. The molecule has 0 radical (unpaired) electrons. The summed E-state index contributed by atoms with van der Waals surface area (Å²) in [7, 11) is -16.2. The van der Waals surface area contributed by atoms with Gasteiger partial charge in [0, 0.05) is 0 Å². The molecule has 0 rings (SSSR count). The lowest BCUT2D eigenvalue weighted by molar-refractivity contribution is -0.115. The highest BCUT2D eigenvalue weighted by atomic mass is 31.3. The Hall–Kier alpha value is 0.0800. The molecule has 0 atom stereocenters. The first kappa shape index (κ1) is 19.4. The largest absolute Gasteiger partial charge is 0.490 e. The van der Waals surface area contributed by atoms with Crippen LogP contribution in [0.5, 0.6) is 0 Å². The molecule has 11 nitrogen and oxygen atoms in total. The predicted molar refractivity (Wildman–Crippen MR) is 52.4 cm³/mol. The van der Waals surface area contributed by atoms with E-state index in [0.29, 0.717) is 0 Å². The van der Waals surface area contributed by atoms with Crippen LogP contribution in [0.15, 0.2) is 0 Å². The molecule has 0 unspecified atom stereocenters. The Balaban J connectivity index is 0. The van der Waals surface area contributed by atoms with Gasteiger partial charge in [-0.25, -0.2) is 13.7 Å². The van der Waals surface area contributed by atoms with Crippen molar-refractivity contribution >= 4 is 29.3 Å². The summed E-state index contributed by atoms with van der Waals surface area (Å²) in [6.07, 6.45) is 0. The Kier molecular flexibility index (Phi) is 7.84. The van der Waals surface area contributed by atoms with Crippen LogP contribution < -0.4 is 0 Å². The molecule has 0 aliphatic rings. The zero-order valence-corrected chi connectivity index (χ0v) is 11.2. The lowest BCUT2D eigenvalue weighted by Crippen LogP contribution is -1.91. The summed E-state index contributed by atoms with van der Waals surface area (Å²) in [5.41, 5.74) is 0. The lowest BCUT2D eigenvalue weighted by atomic mass is 10.6. The summed E-state index contributed by atoms with van der Waals surface area (Å²) in [5, 5.41) is 0. The number of ketones is 1. The van der Waals surface area contributed by atoms with Gasteiger partial charge in [0.25, 0.3) is 0 Å². The minimum atomic E-state index is -5.46. The van der Waals surface area contributed by atoms with Crippen molar-refractivity contribution in [1.29, 1.82) is 0 Å². The van der Waals surface area contributed by atoms with Gasteiger partial charge in [-0.2, -0.15) is 8.62 Å². The number of carbonyl (C=O) groups excluding carboxylic acids is 1. The topological polar surface area (TPSA) is 188 Å². The van der Waals surface area contributed by atoms with E-state index in [9.17, 15) is 18.5 Å². The third kappa shape index (κ3) is 21.8. The molecule has 0 aromatic heterocycles. The number of Topliss-reactive ketones (excluding diaryl/α,β-unsaturated/α-hetero) is 1. The summed E-state index contributed by atoms with van der Waals surface area (Å²) in [6, 6.07) is 0. The standard InChI is InChI=1S/C3H6O.H5O10P3/c1-3(2)4;1-11(2,3)9-13(7,8)10-12(4,5)6/h1-2H3;(H,7,8)(H2,1,2,3)(H2,4,5,6). The Bertz CT molecular complexity index is 355. The summed E-state index contributed by atoms with van der Waals surface area (Å²) < 4.78 is 36.4. The van der Waals surface area contributed by atoms with Crippen LogP contribution in [0.4, 0.5) is 0 Å². The molecule has 0 aliphatic carbocycles. The number of phosphoric acid groups is 3. The van der Waals surface area contributed by atoms with Crippen LogP contribution in [0.3, 0.4) is 0 Å². The highest BCUT2D eigenvalue weighted by Crippen LogP contribution is 2.64. The lowest BCUT2D eigenvalue weighted by Gasteiger charge is -2.11. The summed E-state index contributed by atoms with van der Waals surface area (Å²) in [6.45, 7) is 3.06. The third-order valence-corrected chi connectivity index (χ3v) is 3.77. The maximum Gasteiger partial charge on any atom is 0.490 e. The monoisotopic (exact) mass is 316 g/mol. The molecule has 0 amide bonds. The summed E-state index contributed by atoms with van der Waals surface area (Å²) in [5.74, 6) is 0.167. The van der Waals surface area contributed by atoms with Gasteiger partial charge in [-0.15, -0.1) is 0 Å². The minimum absolute atomic E-state index is 0.167. The Morgan fingerprint density at radius 2 is 1.00 bits per heavy atom. The average Bonchev–Trinajstić information content (AvgIpc) is 1.68. The van der Waals surface area contributed by atoms with Crippen molar-refractivity contribution in [3.05, 3.63) is 0 Å². The SMILES string of the molecule is CC(C)=O.O=P(O)(O)OP(=O)(O)OP(=O)(O)O. The van der Waals surface area contributed by atoms with Gasteiger partial charge in [0.2, 0.25) is 0 Å². The molecule has 0 saturated heterocycles. The first-order valence-electron chi connectivity index (χ1n) is 3.48. The quantitative estimate of drug-likeness (QED) is 0.435. The first-order chi connectivity index (χ1) is 7.15. The fourth-order valence-corrected chi connectivity index (χ4v) is 2.82. The van der Waals surface area contributed by atoms with Gasteiger partial charge in [0.15, 0.2) is 0 Å². The normalized spacial score (nSPS) is 12.6. The summed E-state index contributed by atoms with van der Waals surface area (Å²) in [4.78, 5) is 49.7. The number of hydrogen-bond acceptors (Lipinski definition) is 6. The molecule has 0 saturated carbocycles. The summed E-state index contributed by atoms with van der Waals surface area (Å²) >= 11 is 0. The fourth-order valence-electron chi connectivity index (χ4n) is 0.284. The van der Waals surface area contributed by atoms with Gasteiger partial charge in [-0.3, -0.25) is 0 Å². The number of rotatable bonds is 4. The second kappa shape index (κ2) is 6.86. The van der Waals surface area contributed by atoms with Crippen LogP contribution in [-0.2, 0) is 27.1 Å². The molecule has 17 heavy (non-hydrogen) atoms. The van der Waals surface area contributed by atoms with E-state index in [0.717, 1.165) is 0 Å². The molecule has 14 heteroatoms. The smallest absolute Gasteiger partial charge is 0.302 e. The number of carbonyl (C=O) groups is 1. The van der Waals surface area contributed by atoms with Gasteiger partial charge in [-0.05, 0) is 13.8 Å². The van der Waals surface area contributed by atoms with Crippen LogP contribution >= 0.6 is 23.5 Å². The van der Waals surface area contributed by atoms with Gasteiger partial charge in [0.05, 0.1) is 0 Å². The minimum Gasteiger partial charge on any atom is -0.302 e. The molecule has 0 spiro atoms. The van der Waals surface area contributed by atoms with Gasteiger partial charge < -0.3 is 29.3 Å². The van der Waals surface area contributed by atoms with Crippen molar-refractivity contribution in [3.8, 4) is 0 Å². The Labute approximate surface area is 95.5 Å². The van der Waals surface area contributed by atoms with E-state index < -0.39 is 23.5 Å². The van der Waals surface area contributed by atoms with Crippen molar-refractivity contribution in [2.75, 3.05) is 0 Å². The van der Waals surface area contributed by atoms with E-state index >= 15 is 0 Å². The van der Waals surface area contributed by atoms with E-state index in [-0.39, 0.29) is 5.78 Å². The highest BCUT2D eigenvalue weighted by molar-refractivity contribution is 7.66. The van der Waals surface area contributed by atoms with E-state index in [2.05, 4.69) is 8.62 Å². The van der Waals surface area contributed by atoms with Crippen molar-refractivity contribution in [3.63, 3.8) is 0 Å². The second-order valence-electron chi connectivity index (χ2n) is 2.52. The molecule has 0 aliphatic heterocycles. The molecule has 5 N–H and O–H groups in total. The van der Waals surface area contributed by atoms with E-state index in [4.69, 9.17) is 24.5 Å². The maximum atomic E-state index is 10.4. The van der Waals surface area contributed by atoms with Crippen molar-refractivity contribution in [1.82, 2.24) is 0 Å². The van der Waals surface area contributed by atoms with E-state index in [1.807, 2.05) is 0 Å². The molecular weight excluding hydrogens is 305 g/mol. The van der Waals surface area contributed by atoms with Gasteiger partial charge >= 0.3 is 23.5 Å². The Morgan fingerprint density at radius 1 is 0.824 bits per heavy atom. The van der Waals surface area contributed by atoms with Crippen LogP contribution in [0.25, 0.3) is 0 Å². The second-order valence-corrected chi connectivity index (χ2v) is 6.73. The van der Waals surface area contributed by atoms with Crippen molar-refractivity contribution in [2.24, 2.45) is 0 Å². The van der Waals surface area contributed by atoms with Crippen LogP contribution in [0.1, 0.15) is 13.8 Å². The van der Waals surface area contributed by atoms with E-state index in [1.165, 1.54) is 13.8 Å². The van der Waals surface area contributed by atoms with Crippen LogP contribution in [0, 0.1) is 0 Å².